The van der Waals surface area contributed by atoms with Gasteiger partial charge < -0.3 is 14.2 Å². The molecule has 24 heavy (non-hydrogen) atoms. The smallest absolute Gasteiger partial charge is 0.219 e. The molecular weight excluding hydrogens is 344 g/mol. The molecule has 1 saturated heterocycles. The van der Waals surface area contributed by atoms with E-state index in [-0.39, 0.29) is 23.2 Å². The predicted molar refractivity (Wildman–Crippen MR) is 101 cm³/mol. The summed E-state index contributed by atoms with van der Waals surface area (Å²) in [6.07, 6.45) is 6.93. The van der Waals surface area contributed by atoms with E-state index < -0.39 is 5.79 Å². The first-order chi connectivity index (χ1) is 11.4. The molecular formula is C18H28O4S2. The number of carbonyl (C=O) groups excluding carboxylic acids is 1. The number of thioether (sulfide) groups is 1. The predicted octanol–water partition coefficient (Wildman–Crippen LogP) is 4.12. The van der Waals surface area contributed by atoms with Crippen LogP contribution in [0.3, 0.4) is 0 Å². The first-order valence-corrected chi connectivity index (χ1v) is 10.1. The van der Waals surface area contributed by atoms with E-state index in [9.17, 15) is 4.79 Å². The highest BCUT2D eigenvalue weighted by Crippen LogP contribution is 2.50. The van der Waals surface area contributed by atoms with Gasteiger partial charge in [0.1, 0.15) is 11.9 Å². The Morgan fingerprint density at radius 1 is 1.54 bits per heavy atom. The van der Waals surface area contributed by atoms with E-state index in [1.54, 1.807) is 0 Å². The van der Waals surface area contributed by atoms with Crippen molar-refractivity contribution in [2.24, 2.45) is 11.3 Å². The molecule has 1 heterocycles. The minimum Gasteiger partial charge on any atom is -0.475 e. The SMILES string of the molecule is C=CCCC(OC(=S)SC)C(C)(C)C1CC(=O)CCC12OCCO2. The number of ether oxygens (including phenoxy) is 3. The van der Waals surface area contributed by atoms with Crippen LogP contribution in [-0.4, -0.2) is 41.5 Å². The van der Waals surface area contributed by atoms with Gasteiger partial charge in [0.25, 0.3) is 0 Å². The Balaban J connectivity index is 2.28. The van der Waals surface area contributed by atoms with Crippen molar-refractivity contribution in [3.05, 3.63) is 12.7 Å². The lowest BCUT2D eigenvalue weighted by Gasteiger charge is -2.49. The Morgan fingerprint density at radius 3 is 2.79 bits per heavy atom. The molecule has 1 saturated carbocycles. The second kappa shape index (κ2) is 8.30. The number of rotatable bonds is 6. The van der Waals surface area contributed by atoms with Crippen LogP contribution in [0, 0.1) is 11.3 Å². The first kappa shape index (κ1) is 19.9. The molecule has 2 rings (SSSR count). The van der Waals surface area contributed by atoms with Gasteiger partial charge in [-0.05, 0) is 31.3 Å². The zero-order chi connectivity index (χ0) is 17.8. The zero-order valence-corrected chi connectivity index (χ0v) is 16.5. The minimum atomic E-state index is -0.659. The maximum Gasteiger partial charge on any atom is 0.219 e. The molecule has 2 unspecified atom stereocenters. The van der Waals surface area contributed by atoms with Crippen LogP contribution >= 0.6 is 24.0 Å². The van der Waals surface area contributed by atoms with Crippen LogP contribution in [0.25, 0.3) is 0 Å². The van der Waals surface area contributed by atoms with Crippen molar-refractivity contribution < 1.29 is 19.0 Å². The van der Waals surface area contributed by atoms with Crippen molar-refractivity contribution >= 4 is 34.1 Å². The molecule has 0 aromatic carbocycles. The fourth-order valence-corrected chi connectivity index (χ4v) is 4.19. The maximum absolute atomic E-state index is 12.2. The summed E-state index contributed by atoms with van der Waals surface area (Å²) in [5.74, 6) is -0.435. The third-order valence-corrected chi connectivity index (χ3v) is 6.28. The molecule has 0 bridgehead atoms. The Hall–Kier alpha value is -0.430. The van der Waals surface area contributed by atoms with Gasteiger partial charge in [0.2, 0.25) is 4.38 Å². The van der Waals surface area contributed by atoms with Gasteiger partial charge in [0.05, 0.1) is 13.2 Å². The van der Waals surface area contributed by atoms with Crippen LogP contribution in [-0.2, 0) is 19.0 Å². The molecule has 2 aliphatic rings. The van der Waals surface area contributed by atoms with E-state index in [4.69, 9.17) is 26.4 Å². The summed E-state index contributed by atoms with van der Waals surface area (Å²) in [6.45, 7) is 9.26. The van der Waals surface area contributed by atoms with Crippen LogP contribution in [0.5, 0.6) is 0 Å². The summed E-state index contributed by atoms with van der Waals surface area (Å²) >= 11 is 6.71. The number of ketones is 1. The van der Waals surface area contributed by atoms with Crippen LogP contribution in [0.4, 0.5) is 0 Å². The number of carbonyl (C=O) groups is 1. The molecule has 6 heteroatoms. The standard InChI is InChI=1S/C18H28O4S2/c1-5-6-7-15(22-16(23)24-4)17(2,3)14-12-13(19)8-9-18(14)20-10-11-21-18/h5,14-15H,1,6-12H2,2-4H3. The van der Waals surface area contributed by atoms with E-state index >= 15 is 0 Å². The summed E-state index contributed by atoms with van der Waals surface area (Å²) in [5.41, 5.74) is -0.316. The van der Waals surface area contributed by atoms with Crippen LogP contribution in [0.15, 0.2) is 12.7 Å². The van der Waals surface area contributed by atoms with Crippen molar-refractivity contribution in [1.82, 2.24) is 0 Å². The topological polar surface area (TPSA) is 44.8 Å². The average Bonchev–Trinajstić information content (AvgIpc) is 3.02. The maximum atomic E-state index is 12.2. The Bertz CT molecular complexity index is 483. The summed E-state index contributed by atoms with van der Waals surface area (Å²) in [7, 11) is 0. The number of hydrogen-bond acceptors (Lipinski definition) is 6. The van der Waals surface area contributed by atoms with Crippen LogP contribution < -0.4 is 0 Å². The van der Waals surface area contributed by atoms with Gasteiger partial charge in [0.15, 0.2) is 5.79 Å². The van der Waals surface area contributed by atoms with Crippen molar-refractivity contribution in [2.45, 2.75) is 57.8 Å². The first-order valence-electron chi connectivity index (χ1n) is 8.51. The largest absolute Gasteiger partial charge is 0.475 e. The third kappa shape index (κ3) is 4.21. The molecule has 2 fully saturated rings. The number of allylic oxidation sites excluding steroid dienone is 1. The fourth-order valence-electron chi connectivity index (χ4n) is 3.86. The lowest BCUT2D eigenvalue weighted by Crippen LogP contribution is -2.54. The van der Waals surface area contributed by atoms with E-state index in [0.717, 1.165) is 12.8 Å². The van der Waals surface area contributed by atoms with Gasteiger partial charge in [-0.25, -0.2) is 0 Å². The quantitative estimate of drug-likeness (QED) is 0.516. The van der Waals surface area contributed by atoms with Crippen molar-refractivity contribution in [3.8, 4) is 0 Å². The number of hydrogen-bond donors (Lipinski definition) is 0. The average molecular weight is 373 g/mol. The highest BCUT2D eigenvalue weighted by molar-refractivity contribution is 8.22. The van der Waals surface area contributed by atoms with E-state index in [1.807, 2.05) is 12.3 Å². The van der Waals surface area contributed by atoms with Crippen LogP contribution in [0.2, 0.25) is 0 Å². The van der Waals surface area contributed by atoms with Crippen molar-refractivity contribution in [2.75, 3.05) is 19.5 Å². The van der Waals surface area contributed by atoms with Crippen LogP contribution in [0.1, 0.15) is 46.0 Å². The highest BCUT2D eigenvalue weighted by atomic mass is 32.2. The summed E-state index contributed by atoms with van der Waals surface area (Å²) in [4.78, 5) is 12.2. The molecule has 2 atom stereocenters. The Kier molecular flexibility index (Phi) is 6.88. The van der Waals surface area contributed by atoms with E-state index in [0.29, 0.717) is 36.9 Å². The number of thiocarbonyl (C=S) groups is 1. The summed E-state index contributed by atoms with van der Waals surface area (Å²) in [6, 6.07) is 0. The number of Topliss-reactive ketones (excluding diaryl/α,β-unsaturated/α-hetero) is 1. The lowest BCUT2D eigenvalue weighted by atomic mass is 9.64. The molecule has 4 nitrogen and oxygen atoms in total. The normalized spacial score (nSPS) is 24.8. The molecule has 136 valence electrons. The van der Waals surface area contributed by atoms with Gasteiger partial charge >= 0.3 is 0 Å². The monoisotopic (exact) mass is 372 g/mol. The molecule has 0 radical (unpaired) electrons. The summed E-state index contributed by atoms with van der Waals surface area (Å²) in [5, 5.41) is 0. The molecule has 0 aromatic rings. The Morgan fingerprint density at radius 2 is 2.21 bits per heavy atom. The lowest BCUT2D eigenvalue weighted by molar-refractivity contribution is -0.242. The van der Waals surface area contributed by atoms with Crippen molar-refractivity contribution in [1.29, 1.82) is 0 Å². The van der Waals surface area contributed by atoms with Gasteiger partial charge in [-0.15, -0.1) is 6.58 Å². The molecule has 0 N–H and O–H groups in total. The minimum absolute atomic E-state index is 0.0479. The molecule has 1 aliphatic carbocycles. The van der Waals surface area contributed by atoms with Gasteiger partial charge in [-0.1, -0.05) is 31.7 Å². The molecule has 0 aromatic heterocycles. The fraction of sp³-hybridized carbons (Fsp3) is 0.778. The molecule has 0 amide bonds. The molecule has 1 spiro atoms. The van der Waals surface area contributed by atoms with E-state index in [1.165, 1.54) is 11.8 Å². The second-order valence-electron chi connectivity index (χ2n) is 7.05. The molecule has 1 aliphatic heterocycles. The Labute approximate surface area is 154 Å². The van der Waals surface area contributed by atoms with E-state index in [2.05, 4.69) is 20.4 Å². The van der Waals surface area contributed by atoms with Gasteiger partial charge in [-0.3, -0.25) is 4.79 Å². The summed E-state index contributed by atoms with van der Waals surface area (Å²) < 4.78 is 18.7. The second-order valence-corrected chi connectivity index (χ2v) is 8.46. The van der Waals surface area contributed by atoms with Gasteiger partial charge in [-0.2, -0.15) is 0 Å². The zero-order valence-electron chi connectivity index (χ0n) is 14.8. The van der Waals surface area contributed by atoms with Crippen molar-refractivity contribution in [3.63, 3.8) is 0 Å². The van der Waals surface area contributed by atoms with Gasteiger partial charge in [0, 0.05) is 30.6 Å². The third-order valence-electron chi connectivity index (χ3n) is 5.26. The highest BCUT2D eigenvalue weighted by Gasteiger charge is 2.56.